The zero-order valence-electron chi connectivity index (χ0n) is 15.3. The summed E-state index contributed by atoms with van der Waals surface area (Å²) in [5, 5.41) is 0.792. The molecule has 1 heterocycles. The summed E-state index contributed by atoms with van der Waals surface area (Å²) in [5.41, 5.74) is 1.00. The van der Waals surface area contributed by atoms with Gasteiger partial charge >= 0.3 is 5.63 Å². The summed E-state index contributed by atoms with van der Waals surface area (Å²) in [5.74, 6) is 1.12. The third-order valence-corrected chi connectivity index (χ3v) is 4.04. The number of amides is 1. The smallest absolute Gasteiger partial charge is 0.336 e. The molecule has 6 heteroatoms. The quantitative estimate of drug-likeness (QED) is 0.600. The van der Waals surface area contributed by atoms with Crippen LogP contribution >= 0.6 is 0 Å². The Labute approximate surface area is 156 Å². The average Bonchev–Trinajstić information content (AvgIpc) is 2.67. The minimum absolute atomic E-state index is 0.101. The van der Waals surface area contributed by atoms with Crippen molar-refractivity contribution in [3.63, 3.8) is 0 Å². The SMILES string of the molecule is CCOc1ccc(CN(C)C(=O)COc2ccc3ccc(=O)oc3c2)cc1. The molecule has 3 aromatic rings. The molecule has 6 nitrogen and oxygen atoms in total. The molecular formula is C21H21NO5. The van der Waals surface area contributed by atoms with Gasteiger partial charge in [0, 0.05) is 31.1 Å². The van der Waals surface area contributed by atoms with E-state index in [-0.39, 0.29) is 12.5 Å². The lowest BCUT2D eigenvalue weighted by Crippen LogP contribution is -2.30. The maximum absolute atomic E-state index is 12.3. The summed E-state index contributed by atoms with van der Waals surface area (Å²) < 4.78 is 16.1. The second-order valence-electron chi connectivity index (χ2n) is 6.07. The maximum atomic E-state index is 12.3. The molecule has 27 heavy (non-hydrogen) atoms. The molecule has 1 aromatic heterocycles. The molecule has 0 spiro atoms. The van der Waals surface area contributed by atoms with Crippen LogP contribution in [-0.4, -0.2) is 31.1 Å². The van der Waals surface area contributed by atoms with Crippen molar-refractivity contribution in [1.29, 1.82) is 0 Å². The predicted molar refractivity (Wildman–Crippen MR) is 102 cm³/mol. The van der Waals surface area contributed by atoms with E-state index in [4.69, 9.17) is 13.9 Å². The number of ether oxygens (including phenoxy) is 2. The Morgan fingerprint density at radius 3 is 2.44 bits per heavy atom. The van der Waals surface area contributed by atoms with Gasteiger partial charge in [-0.3, -0.25) is 4.79 Å². The van der Waals surface area contributed by atoms with Crippen molar-refractivity contribution in [1.82, 2.24) is 4.90 Å². The van der Waals surface area contributed by atoms with E-state index in [9.17, 15) is 9.59 Å². The van der Waals surface area contributed by atoms with E-state index < -0.39 is 5.63 Å². The first-order chi connectivity index (χ1) is 13.0. The molecular weight excluding hydrogens is 346 g/mol. The fraction of sp³-hybridized carbons (Fsp3) is 0.238. The number of hydrogen-bond acceptors (Lipinski definition) is 5. The number of rotatable bonds is 7. The van der Waals surface area contributed by atoms with Crippen LogP contribution in [-0.2, 0) is 11.3 Å². The van der Waals surface area contributed by atoms with Gasteiger partial charge in [-0.15, -0.1) is 0 Å². The first kappa shape index (κ1) is 18.5. The highest BCUT2D eigenvalue weighted by Crippen LogP contribution is 2.19. The van der Waals surface area contributed by atoms with Crippen LogP contribution in [0.3, 0.4) is 0 Å². The maximum Gasteiger partial charge on any atom is 0.336 e. The standard InChI is InChI=1S/C21H21NO5/c1-3-25-17-8-4-15(5-9-17)13-22(2)20(23)14-26-18-10-6-16-7-11-21(24)27-19(16)12-18/h4-12H,3,13-14H2,1-2H3. The highest BCUT2D eigenvalue weighted by Gasteiger charge is 2.11. The van der Waals surface area contributed by atoms with Crippen LogP contribution in [0.2, 0.25) is 0 Å². The molecule has 0 aliphatic rings. The molecule has 0 fully saturated rings. The fourth-order valence-electron chi connectivity index (χ4n) is 2.61. The predicted octanol–water partition coefficient (Wildman–Crippen LogP) is 3.23. The Kier molecular flexibility index (Phi) is 5.76. The van der Waals surface area contributed by atoms with Crippen LogP contribution in [0.5, 0.6) is 11.5 Å². The third kappa shape index (κ3) is 4.88. The minimum Gasteiger partial charge on any atom is -0.494 e. The minimum atomic E-state index is -0.425. The zero-order chi connectivity index (χ0) is 19.2. The van der Waals surface area contributed by atoms with Gasteiger partial charge in [0.2, 0.25) is 0 Å². The summed E-state index contributed by atoms with van der Waals surface area (Å²) in [7, 11) is 1.72. The van der Waals surface area contributed by atoms with Gasteiger partial charge in [-0.1, -0.05) is 12.1 Å². The van der Waals surface area contributed by atoms with Crippen LogP contribution in [0.1, 0.15) is 12.5 Å². The molecule has 0 atom stereocenters. The lowest BCUT2D eigenvalue weighted by molar-refractivity contribution is -0.132. The Morgan fingerprint density at radius 1 is 1.00 bits per heavy atom. The van der Waals surface area contributed by atoms with Crippen molar-refractivity contribution in [3.8, 4) is 11.5 Å². The Balaban J connectivity index is 1.57. The van der Waals surface area contributed by atoms with Crippen molar-refractivity contribution >= 4 is 16.9 Å². The summed E-state index contributed by atoms with van der Waals surface area (Å²) in [6.07, 6.45) is 0. The highest BCUT2D eigenvalue weighted by molar-refractivity contribution is 5.79. The van der Waals surface area contributed by atoms with E-state index in [2.05, 4.69) is 0 Å². The Bertz CT molecular complexity index is 978. The number of carbonyl (C=O) groups is 1. The van der Waals surface area contributed by atoms with Gasteiger partial charge < -0.3 is 18.8 Å². The molecule has 0 unspecified atom stereocenters. The summed E-state index contributed by atoms with van der Waals surface area (Å²) in [6.45, 7) is 2.92. The van der Waals surface area contributed by atoms with Gasteiger partial charge in [-0.25, -0.2) is 4.79 Å². The molecule has 0 bridgehead atoms. The van der Waals surface area contributed by atoms with Crippen LogP contribution in [0, 0.1) is 0 Å². The van der Waals surface area contributed by atoms with E-state index in [1.165, 1.54) is 6.07 Å². The molecule has 0 aliphatic carbocycles. The lowest BCUT2D eigenvalue weighted by atomic mass is 10.2. The van der Waals surface area contributed by atoms with Crippen LogP contribution < -0.4 is 15.1 Å². The molecule has 3 rings (SSSR count). The number of hydrogen-bond donors (Lipinski definition) is 0. The molecule has 140 valence electrons. The number of fused-ring (bicyclic) bond motifs is 1. The van der Waals surface area contributed by atoms with E-state index >= 15 is 0 Å². The average molecular weight is 367 g/mol. The highest BCUT2D eigenvalue weighted by atomic mass is 16.5. The van der Waals surface area contributed by atoms with Crippen LogP contribution in [0.25, 0.3) is 11.0 Å². The molecule has 1 amide bonds. The summed E-state index contributed by atoms with van der Waals surface area (Å²) >= 11 is 0. The Morgan fingerprint density at radius 2 is 1.70 bits per heavy atom. The Hall–Kier alpha value is -3.28. The summed E-state index contributed by atoms with van der Waals surface area (Å²) in [4.78, 5) is 25.2. The van der Waals surface area contributed by atoms with E-state index in [0.29, 0.717) is 24.5 Å². The fourth-order valence-corrected chi connectivity index (χ4v) is 2.61. The van der Waals surface area contributed by atoms with Gasteiger partial charge in [0.25, 0.3) is 5.91 Å². The van der Waals surface area contributed by atoms with Gasteiger partial charge in [-0.05, 0) is 42.8 Å². The van der Waals surface area contributed by atoms with Crippen molar-refractivity contribution in [2.75, 3.05) is 20.3 Å². The number of likely N-dealkylation sites (N-methyl/N-ethyl adjacent to an activating group) is 1. The lowest BCUT2D eigenvalue weighted by Gasteiger charge is -2.18. The first-order valence-corrected chi connectivity index (χ1v) is 8.67. The summed E-state index contributed by atoms with van der Waals surface area (Å²) in [6, 6.07) is 15.8. The van der Waals surface area contributed by atoms with Crippen LogP contribution in [0.15, 0.2) is 63.8 Å². The van der Waals surface area contributed by atoms with Crippen LogP contribution in [0.4, 0.5) is 0 Å². The topological polar surface area (TPSA) is 69.0 Å². The van der Waals surface area contributed by atoms with Crippen molar-refractivity contribution in [2.45, 2.75) is 13.5 Å². The van der Waals surface area contributed by atoms with E-state index in [0.717, 1.165) is 16.7 Å². The second-order valence-corrected chi connectivity index (χ2v) is 6.07. The van der Waals surface area contributed by atoms with Gasteiger partial charge in [0.1, 0.15) is 17.1 Å². The van der Waals surface area contributed by atoms with Crippen molar-refractivity contribution < 1.29 is 18.7 Å². The van der Waals surface area contributed by atoms with E-state index in [1.54, 1.807) is 36.2 Å². The second kappa shape index (κ2) is 8.40. The largest absolute Gasteiger partial charge is 0.494 e. The molecule has 2 aromatic carbocycles. The van der Waals surface area contributed by atoms with Crippen molar-refractivity contribution in [3.05, 3.63) is 70.6 Å². The van der Waals surface area contributed by atoms with Gasteiger partial charge in [0.15, 0.2) is 6.61 Å². The molecule has 0 radical (unpaired) electrons. The molecule has 0 saturated heterocycles. The van der Waals surface area contributed by atoms with Gasteiger partial charge in [-0.2, -0.15) is 0 Å². The zero-order valence-corrected chi connectivity index (χ0v) is 15.3. The normalized spacial score (nSPS) is 10.6. The molecule has 0 N–H and O–H groups in total. The number of carbonyl (C=O) groups excluding carboxylic acids is 1. The molecule has 0 aliphatic heterocycles. The third-order valence-electron chi connectivity index (χ3n) is 4.04. The van der Waals surface area contributed by atoms with Crippen molar-refractivity contribution in [2.24, 2.45) is 0 Å². The number of benzene rings is 2. The monoisotopic (exact) mass is 367 g/mol. The van der Waals surface area contributed by atoms with E-state index in [1.807, 2.05) is 31.2 Å². The van der Waals surface area contributed by atoms with Gasteiger partial charge in [0.05, 0.1) is 6.61 Å². The number of nitrogens with zero attached hydrogens (tertiary/aromatic N) is 1. The first-order valence-electron chi connectivity index (χ1n) is 8.67. The molecule has 0 saturated carbocycles.